The first-order chi connectivity index (χ1) is 8.84. The lowest BCUT2D eigenvalue weighted by Gasteiger charge is -2.08. The first-order valence-corrected chi connectivity index (χ1v) is 6.92. The van der Waals surface area contributed by atoms with Crippen LogP contribution in [-0.2, 0) is 6.42 Å². The van der Waals surface area contributed by atoms with Gasteiger partial charge in [-0.3, -0.25) is 0 Å². The summed E-state index contributed by atoms with van der Waals surface area (Å²) in [5.41, 5.74) is 5.71. The predicted molar refractivity (Wildman–Crippen MR) is 79.9 cm³/mol. The average molecular weight is 295 g/mol. The van der Waals surface area contributed by atoms with Crippen molar-refractivity contribution in [2.45, 2.75) is 6.42 Å². The van der Waals surface area contributed by atoms with Gasteiger partial charge in [-0.25, -0.2) is 0 Å². The van der Waals surface area contributed by atoms with Crippen molar-refractivity contribution in [3.8, 4) is 11.1 Å². The van der Waals surface area contributed by atoms with Gasteiger partial charge in [0.2, 0.25) is 0 Å². The molecule has 1 heteroatoms. The van der Waals surface area contributed by atoms with Gasteiger partial charge in [0.05, 0.1) is 0 Å². The molecule has 0 aliphatic heterocycles. The van der Waals surface area contributed by atoms with E-state index < -0.39 is 0 Å². The molecule has 3 aromatic rings. The van der Waals surface area contributed by atoms with Gasteiger partial charge in [0.25, 0.3) is 0 Å². The maximum Gasteiger partial charge on any atom is 0.0253 e. The van der Waals surface area contributed by atoms with E-state index in [-0.39, 0.29) is 0 Å². The van der Waals surface area contributed by atoms with Crippen molar-refractivity contribution in [1.29, 1.82) is 0 Å². The molecule has 0 saturated carbocycles. The fourth-order valence-corrected chi connectivity index (χ4v) is 3.45. The van der Waals surface area contributed by atoms with E-state index in [1.165, 1.54) is 37.5 Å². The molecule has 0 atom stereocenters. The van der Waals surface area contributed by atoms with E-state index in [2.05, 4.69) is 70.5 Å². The van der Waals surface area contributed by atoms with E-state index >= 15 is 0 Å². The average Bonchev–Trinajstić information content (AvgIpc) is 2.77. The molecule has 4 rings (SSSR count). The molecule has 0 heterocycles. The maximum absolute atomic E-state index is 3.65. The Balaban J connectivity index is 2.17. The molecule has 0 unspecified atom stereocenters. The van der Waals surface area contributed by atoms with Crippen molar-refractivity contribution < 1.29 is 0 Å². The van der Waals surface area contributed by atoms with Gasteiger partial charge in [0.1, 0.15) is 0 Å². The van der Waals surface area contributed by atoms with Crippen molar-refractivity contribution >= 4 is 26.7 Å². The van der Waals surface area contributed by atoms with Crippen LogP contribution in [0.15, 0.2) is 59.1 Å². The Labute approximate surface area is 114 Å². The van der Waals surface area contributed by atoms with Crippen LogP contribution in [0.2, 0.25) is 0 Å². The Bertz CT molecular complexity index is 772. The zero-order valence-corrected chi connectivity index (χ0v) is 11.4. The molecule has 0 radical (unpaired) electrons. The van der Waals surface area contributed by atoms with E-state index in [4.69, 9.17) is 0 Å². The van der Waals surface area contributed by atoms with Crippen LogP contribution in [0.3, 0.4) is 0 Å². The van der Waals surface area contributed by atoms with Crippen LogP contribution >= 0.6 is 15.9 Å². The van der Waals surface area contributed by atoms with Crippen molar-refractivity contribution in [3.63, 3.8) is 0 Å². The minimum atomic E-state index is 1.06. The van der Waals surface area contributed by atoms with Gasteiger partial charge in [-0.05, 0) is 45.5 Å². The van der Waals surface area contributed by atoms with E-state index in [0.29, 0.717) is 0 Å². The Morgan fingerprint density at radius 1 is 0.722 bits per heavy atom. The number of rotatable bonds is 0. The normalized spacial score (nSPS) is 12.5. The lowest BCUT2D eigenvalue weighted by molar-refractivity contribution is 1.27. The minimum Gasteiger partial charge on any atom is -0.0619 e. The molecule has 0 bridgehead atoms. The minimum absolute atomic E-state index is 1.06. The Hall–Kier alpha value is -1.60. The fourth-order valence-electron chi connectivity index (χ4n) is 2.95. The van der Waals surface area contributed by atoms with Crippen LogP contribution in [0.4, 0.5) is 0 Å². The maximum atomic E-state index is 3.65. The topological polar surface area (TPSA) is 0 Å². The summed E-state index contributed by atoms with van der Waals surface area (Å²) in [5, 5.41) is 2.65. The SMILES string of the molecule is Brc1cccc2c3c(ccc12)Cc1ccccc1-3. The van der Waals surface area contributed by atoms with Gasteiger partial charge in [-0.2, -0.15) is 0 Å². The quantitative estimate of drug-likeness (QED) is 0.419. The lowest BCUT2D eigenvalue weighted by Crippen LogP contribution is -1.83. The van der Waals surface area contributed by atoms with E-state index in [9.17, 15) is 0 Å². The fraction of sp³-hybridized carbons (Fsp3) is 0.0588. The van der Waals surface area contributed by atoms with Crippen LogP contribution in [0.25, 0.3) is 21.9 Å². The van der Waals surface area contributed by atoms with Gasteiger partial charge < -0.3 is 0 Å². The first kappa shape index (κ1) is 10.3. The summed E-state index contributed by atoms with van der Waals surface area (Å²) in [5.74, 6) is 0. The lowest BCUT2D eigenvalue weighted by atomic mass is 9.98. The smallest absolute Gasteiger partial charge is 0.0253 e. The van der Waals surface area contributed by atoms with Crippen LogP contribution < -0.4 is 0 Å². The third kappa shape index (κ3) is 1.31. The third-order valence-corrected chi connectivity index (χ3v) is 4.45. The van der Waals surface area contributed by atoms with Crippen molar-refractivity contribution in [2.24, 2.45) is 0 Å². The summed E-state index contributed by atoms with van der Waals surface area (Å²) in [7, 11) is 0. The number of hydrogen-bond donors (Lipinski definition) is 0. The summed E-state index contributed by atoms with van der Waals surface area (Å²) in [6.07, 6.45) is 1.06. The van der Waals surface area contributed by atoms with Crippen molar-refractivity contribution in [2.75, 3.05) is 0 Å². The Kier molecular flexibility index (Phi) is 2.12. The predicted octanol–water partition coefficient (Wildman–Crippen LogP) is 5.17. The largest absolute Gasteiger partial charge is 0.0619 e. The van der Waals surface area contributed by atoms with Gasteiger partial charge in [0.15, 0.2) is 0 Å². The molecule has 3 aromatic carbocycles. The highest BCUT2D eigenvalue weighted by molar-refractivity contribution is 9.10. The van der Waals surface area contributed by atoms with Crippen molar-refractivity contribution in [1.82, 2.24) is 0 Å². The number of benzene rings is 3. The Morgan fingerprint density at radius 2 is 1.61 bits per heavy atom. The van der Waals surface area contributed by atoms with Gasteiger partial charge in [-0.1, -0.05) is 64.5 Å². The zero-order valence-electron chi connectivity index (χ0n) is 9.78. The van der Waals surface area contributed by atoms with E-state index in [1.807, 2.05) is 0 Å². The van der Waals surface area contributed by atoms with E-state index in [1.54, 1.807) is 0 Å². The van der Waals surface area contributed by atoms with Gasteiger partial charge in [0, 0.05) is 4.47 Å². The van der Waals surface area contributed by atoms with Crippen LogP contribution in [0, 0.1) is 0 Å². The monoisotopic (exact) mass is 294 g/mol. The molecule has 0 spiro atoms. The summed E-state index contributed by atoms with van der Waals surface area (Å²) < 4.78 is 1.17. The molecule has 1 aliphatic rings. The molecule has 18 heavy (non-hydrogen) atoms. The molecule has 0 fully saturated rings. The molecule has 0 aromatic heterocycles. The highest BCUT2D eigenvalue weighted by Crippen LogP contribution is 2.42. The van der Waals surface area contributed by atoms with Crippen molar-refractivity contribution in [3.05, 3.63) is 70.2 Å². The third-order valence-electron chi connectivity index (χ3n) is 3.76. The zero-order chi connectivity index (χ0) is 12.1. The Morgan fingerprint density at radius 3 is 2.56 bits per heavy atom. The van der Waals surface area contributed by atoms with Gasteiger partial charge >= 0.3 is 0 Å². The molecule has 1 aliphatic carbocycles. The summed E-state index contributed by atoms with van der Waals surface area (Å²) in [6, 6.07) is 19.7. The highest BCUT2D eigenvalue weighted by atomic mass is 79.9. The van der Waals surface area contributed by atoms with Crippen LogP contribution in [0.5, 0.6) is 0 Å². The molecule has 86 valence electrons. The summed E-state index contributed by atoms with van der Waals surface area (Å²) in [6.45, 7) is 0. The number of fused-ring (bicyclic) bond motifs is 5. The molecule has 0 saturated heterocycles. The van der Waals surface area contributed by atoms with E-state index in [0.717, 1.165) is 6.42 Å². The highest BCUT2D eigenvalue weighted by Gasteiger charge is 2.20. The second-order valence-corrected chi connectivity index (χ2v) is 5.62. The molecule has 0 N–H and O–H groups in total. The van der Waals surface area contributed by atoms with Crippen LogP contribution in [0.1, 0.15) is 11.1 Å². The molecule has 0 amide bonds. The second-order valence-electron chi connectivity index (χ2n) is 4.77. The second kappa shape index (κ2) is 3.69. The molecule has 0 nitrogen and oxygen atoms in total. The summed E-state index contributed by atoms with van der Waals surface area (Å²) in [4.78, 5) is 0. The van der Waals surface area contributed by atoms with Gasteiger partial charge in [-0.15, -0.1) is 0 Å². The first-order valence-electron chi connectivity index (χ1n) is 6.13. The molecular weight excluding hydrogens is 284 g/mol. The standard InChI is InChI=1S/C17H11Br/c18-16-7-3-6-15-14(16)9-8-12-10-11-4-1-2-5-13(11)17(12)15/h1-9H,10H2. The summed E-state index contributed by atoms with van der Waals surface area (Å²) >= 11 is 3.65. The molecular formula is C17H11Br. The van der Waals surface area contributed by atoms with Crippen LogP contribution in [-0.4, -0.2) is 0 Å². The number of halogens is 1. The number of hydrogen-bond acceptors (Lipinski definition) is 0.